The Kier molecular flexibility index (Phi) is 6.31. The highest BCUT2D eigenvalue weighted by atomic mass is 19.4. The van der Waals surface area contributed by atoms with Gasteiger partial charge in [0.25, 0.3) is 0 Å². The zero-order valence-corrected chi connectivity index (χ0v) is 8.70. The van der Waals surface area contributed by atoms with Crippen LogP contribution in [0, 0.1) is 0 Å². The maximum Gasteiger partial charge on any atom is 0.490 e. The number of rotatable bonds is 2. The molecule has 1 fully saturated rings. The van der Waals surface area contributed by atoms with E-state index in [4.69, 9.17) is 19.7 Å². The first kappa shape index (κ1) is 15.1. The van der Waals surface area contributed by atoms with Gasteiger partial charge in [0.1, 0.15) is 18.7 Å². The van der Waals surface area contributed by atoms with E-state index in [2.05, 4.69) is 5.32 Å². The minimum Gasteiger partial charge on any atom is -0.475 e. The molecule has 0 aromatic carbocycles. The number of hydrogen-bond acceptors (Lipinski definition) is 3. The van der Waals surface area contributed by atoms with Crippen LogP contribution in [0.4, 0.5) is 13.2 Å². The molecule has 0 spiro atoms. The summed E-state index contributed by atoms with van der Waals surface area (Å²) >= 11 is 0. The Hall–Kier alpha value is -0.860. The number of quaternary nitrogens is 1. The van der Waals surface area contributed by atoms with Crippen molar-refractivity contribution in [1.82, 2.24) is 0 Å². The SMILES string of the molecule is CO[C@H]1C[NH2+][C@@H](CO)C1.O=C(O)C(F)(F)F. The molecule has 1 heterocycles. The standard InChI is InChI=1S/C6H13NO2.C2HF3O2/c1-9-6-2-5(4-8)7-3-6;3-2(4,5)1(6)7/h5-8H,2-4H2,1H3;(H,6,7)/p+1/t5-,6-;/m1./s1. The number of aliphatic carboxylic acids is 1. The Morgan fingerprint density at radius 2 is 2.06 bits per heavy atom. The van der Waals surface area contributed by atoms with Crippen LogP contribution in [0.15, 0.2) is 0 Å². The molecule has 2 atom stereocenters. The van der Waals surface area contributed by atoms with Crippen molar-refractivity contribution >= 4 is 5.97 Å². The molecule has 1 aliphatic rings. The van der Waals surface area contributed by atoms with Crippen LogP contribution in [0.5, 0.6) is 0 Å². The van der Waals surface area contributed by atoms with Crippen LogP contribution in [-0.2, 0) is 9.53 Å². The van der Waals surface area contributed by atoms with Gasteiger partial charge in [-0.3, -0.25) is 0 Å². The molecule has 1 rings (SSSR count). The molecule has 0 aliphatic carbocycles. The van der Waals surface area contributed by atoms with Crippen molar-refractivity contribution in [1.29, 1.82) is 0 Å². The molecule has 0 aromatic heterocycles. The number of carbonyl (C=O) groups is 1. The van der Waals surface area contributed by atoms with E-state index in [1.165, 1.54) is 0 Å². The lowest BCUT2D eigenvalue weighted by Gasteiger charge is -2.00. The Labute approximate surface area is 90.2 Å². The van der Waals surface area contributed by atoms with Gasteiger partial charge in [-0.05, 0) is 0 Å². The number of carboxylic acids is 1. The summed E-state index contributed by atoms with van der Waals surface area (Å²) in [4.78, 5) is 8.90. The van der Waals surface area contributed by atoms with Gasteiger partial charge in [-0.1, -0.05) is 0 Å². The van der Waals surface area contributed by atoms with Gasteiger partial charge in [-0.15, -0.1) is 0 Å². The van der Waals surface area contributed by atoms with E-state index >= 15 is 0 Å². The fourth-order valence-corrected chi connectivity index (χ4v) is 1.22. The van der Waals surface area contributed by atoms with Gasteiger partial charge >= 0.3 is 12.1 Å². The molecular formula is C8H15F3NO4+. The predicted molar refractivity (Wildman–Crippen MR) is 46.8 cm³/mol. The lowest BCUT2D eigenvalue weighted by atomic mass is 10.2. The van der Waals surface area contributed by atoms with Crippen LogP contribution in [-0.4, -0.2) is 54.8 Å². The van der Waals surface area contributed by atoms with Crippen molar-refractivity contribution in [3.63, 3.8) is 0 Å². The fraction of sp³-hybridized carbons (Fsp3) is 0.875. The van der Waals surface area contributed by atoms with E-state index < -0.39 is 12.1 Å². The number of aliphatic hydroxyl groups excluding tert-OH is 1. The second-order valence-corrected chi connectivity index (χ2v) is 3.31. The second kappa shape index (κ2) is 6.66. The Morgan fingerprint density at radius 1 is 1.56 bits per heavy atom. The summed E-state index contributed by atoms with van der Waals surface area (Å²) in [5.74, 6) is -2.76. The lowest BCUT2D eigenvalue weighted by molar-refractivity contribution is -0.673. The Bertz CT molecular complexity index is 212. The van der Waals surface area contributed by atoms with Crippen LogP contribution < -0.4 is 5.32 Å². The van der Waals surface area contributed by atoms with Crippen molar-refractivity contribution in [3.8, 4) is 0 Å². The number of aliphatic hydroxyl groups is 1. The molecule has 1 aliphatic heterocycles. The molecule has 4 N–H and O–H groups in total. The normalized spacial score (nSPS) is 24.8. The molecule has 16 heavy (non-hydrogen) atoms. The molecule has 1 saturated heterocycles. The molecule has 5 nitrogen and oxygen atoms in total. The summed E-state index contributed by atoms with van der Waals surface area (Å²) < 4.78 is 36.8. The third-order valence-electron chi connectivity index (χ3n) is 2.11. The lowest BCUT2D eigenvalue weighted by Crippen LogP contribution is -2.88. The summed E-state index contributed by atoms with van der Waals surface area (Å²) in [6.07, 6.45) is -3.73. The average molecular weight is 246 g/mol. The largest absolute Gasteiger partial charge is 0.490 e. The third kappa shape index (κ3) is 5.89. The molecule has 8 heteroatoms. The van der Waals surface area contributed by atoms with Gasteiger partial charge in [0.2, 0.25) is 0 Å². The maximum absolute atomic E-state index is 10.6. The summed E-state index contributed by atoms with van der Waals surface area (Å²) in [5, 5.41) is 18.0. The summed E-state index contributed by atoms with van der Waals surface area (Å²) in [6, 6.07) is 0.384. The maximum atomic E-state index is 10.6. The monoisotopic (exact) mass is 246 g/mol. The van der Waals surface area contributed by atoms with Crippen molar-refractivity contribution < 1.29 is 38.2 Å². The van der Waals surface area contributed by atoms with Crippen molar-refractivity contribution in [2.24, 2.45) is 0 Å². The summed E-state index contributed by atoms with van der Waals surface area (Å²) in [5.41, 5.74) is 0. The highest BCUT2D eigenvalue weighted by Gasteiger charge is 2.38. The minimum absolute atomic E-state index is 0.278. The number of hydrogen-bond donors (Lipinski definition) is 3. The van der Waals surface area contributed by atoms with Gasteiger partial charge in [0.05, 0.1) is 6.61 Å². The fourth-order valence-electron chi connectivity index (χ4n) is 1.22. The first-order valence-corrected chi connectivity index (χ1v) is 4.58. The minimum atomic E-state index is -5.08. The van der Waals surface area contributed by atoms with Crippen LogP contribution in [0.25, 0.3) is 0 Å². The molecule has 0 bridgehead atoms. The number of ether oxygens (including phenoxy) is 1. The average Bonchev–Trinajstić information content (AvgIpc) is 2.64. The number of carboxylic acid groups (broad SMARTS) is 1. The van der Waals surface area contributed by atoms with Crippen molar-refractivity contribution in [3.05, 3.63) is 0 Å². The second-order valence-electron chi connectivity index (χ2n) is 3.31. The van der Waals surface area contributed by atoms with Crippen LogP contribution >= 0.6 is 0 Å². The van der Waals surface area contributed by atoms with Crippen LogP contribution in [0.2, 0.25) is 0 Å². The van der Waals surface area contributed by atoms with Gasteiger partial charge in [-0.2, -0.15) is 13.2 Å². The third-order valence-corrected chi connectivity index (χ3v) is 2.11. The van der Waals surface area contributed by atoms with Crippen molar-refractivity contribution in [2.75, 3.05) is 20.3 Å². The topological polar surface area (TPSA) is 83.4 Å². The number of alkyl halides is 3. The Balaban J connectivity index is 0.000000293. The summed E-state index contributed by atoms with van der Waals surface area (Å²) in [7, 11) is 1.72. The van der Waals surface area contributed by atoms with E-state index in [1.54, 1.807) is 7.11 Å². The smallest absolute Gasteiger partial charge is 0.475 e. The van der Waals surface area contributed by atoms with E-state index in [0.717, 1.165) is 13.0 Å². The van der Waals surface area contributed by atoms with Gasteiger partial charge in [-0.25, -0.2) is 4.79 Å². The zero-order chi connectivity index (χ0) is 12.8. The van der Waals surface area contributed by atoms with Gasteiger partial charge in [0, 0.05) is 13.5 Å². The van der Waals surface area contributed by atoms with E-state index in [1.807, 2.05) is 0 Å². The molecule has 0 amide bonds. The van der Waals surface area contributed by atoms with E-state index in [0.29, 0.717) is 12.1 Å². The quantitative estimate of drug-likeness (QED) is 0.581. The van der Waals surface area contributed by atoms with E-state index in [-0.39, 0.29) is 6.61 Å². The van der Waals surface area contributed by atoms with Gasteiger partial charge in [0.15, 0.2) is 0 Å². The molecule has 0 saturated carbocycles. The Morgan fingerprint density at radius 3 is 2.25 bits per heavy atom. The summed E-state index contributed by atoms with van der Waals surface area (Å²) in [6.45, 7) is 1.28. The first-order chi connectivity index (χ1) is 7.31. The number of nitrogens with two attached hydrogens (primary N) is 1. The molecule has 0 aromatic rings. The molecule has 0 radical (unpaired) electrons. The molecule has 0 unspecified atom stereocenters. The highest BCUT2D eigenvalue weighted by molar-refractivity contribution is 5.73. The van der Waals surface area contributed by atoms with Crippen molar-refractivity contribution in [2.45, 2.75) is 24.7 Å². The number of methoxy groups -OCH3 is 1. The predicted octanol–water partition coefficient (Wildman–Crippen LogP) is -1.04. The molecule has 96 valence electrons. The van der Waals surface area contributed by atoms with E-state index in [9.17, 15) is 13.2 Å². The number of halogens is 3. The molecular weight excluding hydrogens is 231 g/mol. The van der Waals surface area contributed by atoms with Crippen LogP contribution in [0.3, 0.4) is 0 Å². The van der Waals surface area contributed by atoms with Crippen LogP contribution in [0.1, 0.15) is 6.42 Å². The highest BCUT2D eigenvalue weighted by Crippen LogP contribution is 2.13. The first-order valence-electron chi connectivity index (χ1n) is 4.58. The van der Waals surface area contributed by atoms with Gasteiger partial charge < -0.3 is 20.3 Å². The zero-order valence-electron chi connectivity index (χ0n) is 8.70.